The summed E-state index contributed by atoms with van der Waals surface area (Å²) in [6.07, 6.45) is 4.45. The number of nitrogens with zero attached hydrogens (tertiary/aromatic N) is 2. The van der Waals surface area contributed by atoms with Gasteiger partial charge in [0.05, 0.1) is 6.54 Å². The van der Waals surface area contributed by atoms with Gasteiger partial charge in [-0.15, -0.1) is 12.4 Å². The molecule has 3 rings (SSSR count). The summed E-state index contributed by atoms with van der Waals surface area (Å²) in [6, 6.07) is 7.66. The lowest BCUT2D eigenvalue weighted by atomic mass is 9.96. The molecule has 0 radical (unpaired) electrons. The van der Waals surface area contributed by atoms with Crippen molar-refractivity contribution in [1.82, 2.24) is 4.90 Å². The van der Waals surface area contributed by atoms with E-state index in [-0.39, 0.29) is 30.9 Å². The minimum atomic E-state index is -0.815. The number of hydrogen-bond donors (Lipinski definition) is 1. The van der Waals surface area contributed by atoms with Crippen LogP contribution in [0.25, 0.3) is 0 Å². The fourth-order valence-electron chi connectivity index (χ4n) is 3.78. The number of fused-ring (bicyclic) bond motifs is 1. The van der Waals surface area contributed by atoms with Gasteiger partial charge in [0.1, 0.15) is 6.04 Å². The molecule has 5 nitrogen and oxygen atoms in total. The van der Waals surface area contributed by atoms with Crippen molar-refractivity contribution in [2.45, 2.75) is 51.1 Å². The van der Waals surface area contributed by atoms with E-state index in [1.165, 1.54) is 5.56 Å². The zero-order valence-electron chi connectivity index (χ0n) is 14.0. The zero-order chi connectivity index (χ0) is 16.4. The van der Waals surface area contributed by atoms with Crippen molar-refractivity contribution in [1.29, 1.82) is 0 Å². The predicted molar refractivity (Wildman–Crippen MR) is 95.8 cm³/mol. The van der Waals surface area contributed by atoms with Crippen molar-refractivity contribution in [3.05, 3.63) is 29.8 Å². The normalized spacial score (nSPS) is 24.0. The Morgan fingerprint density at radius 3 is 2.71 bits per heavy atom. The Morgan fingerprint density at radius 2 is 1.96 bits per heavy atom. The second kappa shape index (κ2) is 7.99. The Bertz CT molecular complexity index is 608. The third kappa shape index (κ3) is 3.73. The van der Waals surface area contributed by atoms with Gasteiger partial charge in [0.2, 0.25) is 5.91 Å². The number of likely N-dealkylation sites (tertiary alicyclic amines) is 1. The quantitative estimate of drug-likeness (QED) is 0.908. The molecule has 2 atom stereocenters. The minimum Gasteiger partial charge on any atom is -0.480 e. The maximum Gasteiger partial charge on any atom is 0.320 e. The second-order valence-electron chi connectivity index (χ2n) is 6.60. The van der Waals surface area contributed by atoms with Crippen LogP contribution in [0.2, 0.25) is 0 Å². The van der Waals surface area contributed by atoms with E-state index in [1.54, 1.807) is 0 Å². The first kappa shape index (κ1) is 18.7. The van der Waals surface area contributed by atoms with Crippen molar-refractivity contribution in [2.24, 2.45) is 0 Å². The Hall–Kier alpha value is -1.59. The number of aryl methyl sites for hydroxylation is 1. The van der Waals surface area contributed by atoms with Gasteiger partial charge in [-0.05, 0) is 50.8 Å². The molecule has 0 aromatic heterocycles. The Morgan fingerprint density at radius 1 is 1.21 bits per heavy atom. The topological polar surface area (TPSA) is 60.9 Å². The number of hydrogen-bond acceptors (Lipinski definition) is 3. The molecule has 1 N–H and O–H groups in total. The molecule has 0 bridgehead atoms. The number of para-hydroxylation sites is 1. The molecule has 2 unspecified atom stereocenters. The average molecular weight is 353 g/mol. The second-order valence-corrected chi connectivity index (χ2v) is 6.60. The molecule has 0 saturated carbocycles. The SMILES string of the molecule is CC1CCc2ccccc2N1C(=O)CN1CCCCC1C(=O)O.Cl. The summed E-state index contributed by atoms with van der Waals surface area (Å²) in [5.41, 5.74) is 2.19. The first-order chi connectivity index (χ1) is 11.1. The van der Waals surface area contributed by atoms with Gasteiger partial charge in [-0.1, -0.05) is 24.6 Å². The molecule has 2 heterocycles. The van der Waals surface area contributed by atoms with E-state index in [9.17, 15) is 14.7 Å². The van der Waals surface area contributed by atoms with Crippen LogP contribution in [0.3, 0.4) is 0 Å². The van der Waals surface area contributed by atoms with Crippen LogP contribution >= 0.6 is 12.4 Å². The average Bonchev–Trinajstić information content (AvgIpc) is 2.54. The number of carboxylic acids is 1. The summed E-state index contributed by atoms with van der Waals surface area (Å²) >= 11 is 0. The summed E-state index contributed by atoms with van der Waals surface area (Å²) in [7, 11) is 0. The maximum absolute atomic E-state index is 12.9. The van der Waals surface area contributed by atoms with Crippen molar-refractivity contribution < 1.29 is 14.7 Å². The van der Waals surface area contributed by atoms with Crippen LogP contribution in [0, 0.1) is 0 Å². The highest BCUT2D eigenvalue weighted by atomic mass is 35.5. The summed E-state index contributed by atoms with van der Waals surface area (Å²) in [5.74, 6) is -0.803. The first-order valence-electron chi connectivity index (χ1n) is 8.44. The molecule has 2 aliphatic heterocycles. The molecule has 1 aromatic rings. The Labute approximate surface area is 149 Å². The fraction of sp³-hybridized carbons (Fsp3) is 0.556. The standard InChI is InChI=1S/C18H24N2O3.ClH/c1-13-9-10-14-6-2-3-7-15(14)20(13)17(21)12-19-11-5-4-8-16(19)18(22)23;/h2-3,6-7,13,16H,4-5,8-12H2,1H3,(H,22,23);1H. The van der Waals surface area contributed by atoms with Crippen LogP contribution in [0.15, 0.2) is 24.3 Å². The number of benzene rings is 1. The van der Waals surface area contributed by atoms with Crippen LogP contribution in [0.4, 0.5) is 5.69 Å². The van der Waals surface area contributed by atoms with Gasteiger partial charge in [0, 0.05) is 11.7 Å². The number of carbonyl (C=O) groups is 2. The van der Waals surface area contributed by atoms with E-state index < -0.39 is 12.0 Å². The van der Waals surface area contributed by atoms with Gasteiger partial charge in [-0.25, -0.2) is 0 Å². The lowest BCUT2D eigenvalue weighted by Gasteiger charge is -2.38. The zero-order valence-corrected chi connectivity index (χ0v) is 14.8. The number of carbonyl (C=O) groups excluding carboxylic acids is 1. The molecule has 6 heteroatoms. The van der Waals surface area contributed by atoms with E-state index in [4.69, 9.17) is 0 Å². The highest BCUT2D eigenvalue weighted by Crippen LogP contribution is 2.31. The number of piperidine rings is 1. The Balaban J connectivity index is 0.00000208. The van der Waals surface area contributed by atoms with Crippen molar-refractivity contribution in [3.63, 3.8) is 0 Å². The van der Waals surface area contributed by atoms with Gasteiger partial charge in [-0.2, -0.15) is 0 Å². The van der Waals surface area contributed by atoms with Gasteiger partial charge in [-0.3, -0.25) is 14.5 Å². The lowest BCUT2D eigenvalue weighted by Crippen LogP contribution is -2.52. The van der Waals surface area contributed by atoms with Crippen LogP contribution in [0.5, 0.6) is 0 Å². The van der Waals surface area contributed by atoms with Crippen LogP contribution in [0.1, 0.15) is 38.2 Å². The van der Waals surface area contributed by atoms with E-state index in [0.717, 1.165) is 31.4 Å². The molecule has 132 valence electrons. The molecule has 1 saturated heterocycles. The number of anilines is 1. The van der Waals surface area contributed by atoms with Crippen LogP contribution < -0.4 is 4.90 Å². The predicted octanol–water partition coefficient (Wildman–Crippen LogP) is 2.72. The van der Waals surface area contributed by atoms with Crippen molar-refractivity contribution >= 4 is 30.0 Å². The third-order valence-electron chi connectivity index (χ3n) is 5.03. The lowest BCUT2D eigenvalue weighted by molar-refractivity contribution is -0.145. The summed E-state index contributed by atoms with van der Waals surface area (Å²) < 4.78 is 0. The molecule has 0 aliphatic carbocycles. The fourth-order valence-corrected chi connectivity index (χ4v) is 3.78. The van der Waals surface area contributed by atoms with E-state index >= 15 is 0 Å². The summed E-state index contributed by atoms with van der Waals surface area (Å²) in [6.45, 7) is 2.95. The summed E-state index contributed by atoms with van der Waals surface area (Å²) in [5, 5.41) is 9.38. The minimum absolute atomic E-state index is 0. The monoisotopic (exact) mass is 352 g/mol. The molecule has 2 aliphatic rings. The van der Waals surface area contributed by atoms with Gasteiger partial charge in [0.15, 0.2) is 0 Å². The molecular weight excluding hydrogens is 328 g/mol. The third-order valence-corrected chi connectivity index (χ3v) is 5.03. The highest BCUT2D eigenvalue weighted by molar-refractivity contribution is 5.96. The van der Waals surface area contributed by atoms with E-state index in [2.05, 4.69) is 13.0 Å². The molecule has 24 heavy (non-hydrogen) atoms. The number of aliphatic carboxylic acids is 1. The van der Waals surface area contributed by atoms with Crippen LogP contribution in [-0.2, 0) is 16.0 Å². The Kier molecular flexibility index (Phi) is 6.24. The number of carboxylic acid groups (broad SMARTS) is 1. The van der Waals surface area contributed by atoms with Gasteiger partial charge < -0.3 is 10.0 Å². The molecule has 1 amide bonds. The van der Waals surface area contributed by atoms with Gasteiger partial charge in [0.25, 0.3) is 0 Å². The molecule has 0 spiro atoms. The largest absolute Gasteiger partial charge is 0.480 e. The van der Waals surface area contributed by atoms with Gasteiger partial charge >= 0.3 is 5.97 Å². The number of rotatable bonds is 3. The molecular formula is C18H25ClN2O3. The number of amides is 1. The van der Waals surface area contributed by atoms with Crippen molar-refractivity contribution in [2.75, 3.05) is 18.0 Å². The molecule has 1 fully saturated rings. The number of halogens is 1. The van der Waals surface area contributed by atoms with E-state index in [0.29, 0.717) is 13.0 Å². The van der Waals surface area contributed by atoms with E-state index in [1.807, 2.05) is 28.0 Å². The molecule has 1 aromatic carbocycles. The highest BCUT2D eigenvalue weighted by Gasteiger charge is 2.33. The first-order valence-corrected chi connectivity index (χ1v) is 8.44. The van der Waals surface area contributed by atoms with Crippen molar-refractivity contribution in [3.8, 4) is 0 Å². The summed E-state index contributed by atoms with van der Waals surface area (Å²) in [4.78, 5) is 28.0. The van der Waals surface area contributed by atoms with Crippen LogP contribution in [-0.4, -0.2) is 47.1 Å². The maximum atomic E-state index is 12.9. The smallest absolute Gasteiger partial charge is 0.320 e.